The van der Waals surface area contributed by atoms with E-state index in [0.29, 0.717) is 30.9 Å². The molecule has 0 saturated carbocycles. The van der Waals surface area contributed by atoms with Crippen LogP contribution in [0.3, 0.4) is 0 Å². The van der Waals surface area contributed by atoms with Gasteiger partial charge in [0.25, 0.3) is 5.91 Å². The second-order valence-corrected chi connectivity index (χ2v) is 10.4. The SMILES string of the molecule is CCCCCN(Cc1ccc(C(=O)Nc2cscc2NC=O)nc1)C(=O)NC(C)CC.COC(C)(C)C. The fourth-order valence-electron chi connectivity index (χ4n) is 2.84. The van der Waals surface area contributed by atoms with E-state index in [1.54, 1.807) is 35.0 Å². The van der Waals surface area contributed by atoms with Gasteiger partial charge in [-0.3, -0.25) is 14.6 Å². The van der Waals surface area contributed by atoms with E-state index in [9.17, 15) is 14.4 Å². The van der Waals surface area contributed by atoms with Crippen LogP contribution in [0.2, 0.25) is 0 Å². The Bertz CT molecular complexity index is 956. The first-order chi connectivity index (χ1) is 17.5. The third kappa shape index (κ3) is 12.7. The van der Waals surface area contributed by atoms with Gasteiger partial charge < -0.3 is 25.6 Å². The lowest BCUT2D eigenvalue weighted by molar-refractivity contribution is -0.105. The van der Waals surface area contributed by atoms with Gasteiger partial charge in [-0.25, -0.2) is 4.79 Å². The lowest BCUT2D eigenvalue weighted by Gasteiger charge is -2.25. The van der Waals surface area contributed by atoms with Crippen LogP contribution in [0.15, 0.2) is 29.1 Å². The minimum absolute atomic E-state index is 0.0417. The maximum Gasteiger partial charge on any atom is 0.317 e. The number of hydrogen-bond donors (Lipinski definition) is 3. The number of thiophene rings is 1. The number of rotatable bonds is 12. The molecule has 2 rings (SSSR count). The largest absolute Gasteiger partial charge is 0.379 e. The molecule has 37 heavy (non-hydrogen) atoms. The van der Waals surface area contributed by atoms with Crippen LogP contribution in [-0.2, 0) is 16.1 Å². The van der Waals surface area contributed by atoms with Crippen LogP contribution in [0.1, 0.15) is 83.3 Å². The van der Waals surface area contributed by atoms with Crippen molar-refractivity contribution in [1.29, 1.82) is 0 Å². The van der Waals surface area contributed by atoms with Crippen molar-refractivity contribution in [2.24, 2.45) is 0 Å². The van der Waals surface area contributed by atoms with Crippen molar-refractivity contribution >= 4 is 41.1 Å². The summed E-state index contributed by atoms with van der Waals surface area (Å²) in [6.07, 6.45) is 6.14. The quantitative estimate of drug-likeness (QED) is 0.232. The zero-order valence-corrected chi connectivity index (χ0v) is 24.0. The lowest BCUT2D eigenvalue weighted by atomic mass is 10.2. The van der Waals surface area contributed by atoms with Gasteiger partial charge in [0.2, 0.25) is 6.41 Å². The van der Waals surface area contributed by atoms with Crippen molar-refractivity contribution in [1.82, 2.24) is 15.2 Å². The predicted octanol–water partition coefficient (Wildman–Crippen LogP) is 5.90. The average Bonchev–Trinajstić information content (AvgIpc) is 3.30. The molecular weight excluding hydrogens is 490 g/mol. The summed E-state index contributed by atoms with van der Waals surface area (Å²) >= 11 is 1.37. The summed E-state index contributed by atoms with van der Waals surface area (Å²) in [7, 11) is 1.71. The van der Waals surface area contributed by atoms with Gasteiger partial charge in [-0.2, -0.15) is 0 Å². The maximum atomic E-state index is 12.6. The highest BCUT2D eigenvalue weighted by atomic mass is 32.1. The molecule has 0 aromatic carbocycles. The minimum atomic E-state index is -0.367. The van der Waals surface area contributed by atoms with Crippen LogP contribution in [0.5, 0.6) is 0 Å². The Morgan fingerprint density at radius 1 is 1.16 bits per heavy atom. The molecule has 206 valence electrons. The van der Waals surface area contributed by atoms with Gasteiger partial charge in [-0.15, -0.1) is 11.3 Å². The molecule has 3 N–H and O–H groups in total. The summed E-state index contributed by atoms with van der Waals surface area (Å²) in [4.78, 5) is 41.8. The first-order valence-corrected chi connectivity index (χ1v) is 13.6. The first kappa shape index (κ1) is 32.0. The van der Waals surface area contributed by atoms with Crippen molar-refractivity contribution < 1.29 is 19.1 Å². The Morgan fingerprint density at radius 2 is 1.84 bits per heavy atom. The summed E-state index contributed by atoms with van der Waals surface area (Å²) in [5.74, 6) is -0.367. The molecule has 1 atom stereocenters. The molecule has 0 radical (unpaired) electrons. The van der Waals surface area contributed by atoms with E-state index in [2.05, 4.69) is 27.9 Å². The molecule has 0 saturated heterocycles. The highest BCUT2D eigenvalue weighted by Crippen LogP contribution is 2.26. The highest BCUT2D eigenvalue weighted by molar-refractivity contribution is 7.09. The molecule has 9 nitrogen and oxygen atoms in total. The van der Waals surface area contributed by atoms with Crippen molar-refractivity contribution in [2.45, 2.75) is 85.4 Å². The molecule has 2 aromatic heterocycles. The number of nitrogens with one attached hydrogen (secondary N) is 3. The van der Waals surface area contributed by atoms with E-state index < -0.39 is 0 Å². The van der Waals surface area contributed by atoms with Crippen molar-refractivity contribution in [3.05, 3.63) is 40.3 Å². The van der Waals surface area contributed by atoms with Gasteiger partial charge in [0, 0.05) is 43.2 Å². The van der Waals surface area contributed by atoms with Crippen molar-refractivity contribution in [3.8, 4) is 0 Å². The van der Waals surface area contributed by atoms with Crippen LogP contribution in [0.25, 0.3) is 0 Å². The third-order valence-corrected chi connectivity index (χ3v) is 6.21. The van der Waals surface area contributed by atoms with Crippen LogP contribution in [-0.4, -0.2) is 53.5 Å². The molecule has 0 aliphatic heterocycles. The second kappa shape index (κ2) is 16.7. The topological polar surface area (TPSA) is 113 Å². The zero-order chi connectivity index (χ0) is 27.8. The van der Waals surface area contributed by atoms with E-state index >= 15 is 0 Å². The average molecular weight is 534 g/mol. The number of methoxy groups -OCH3 is 1. The first-order valence-electron chi connectivity index (χ1n) is 12.7. The summed E-state index contributed by atoms with van der Waals surface area (Å²) in [5.41, 5.74) is 2.22. The molecule has 4 amide bonds. The van der Waals surface area contributed by atoms with E-state index in [1.807, 2.05) is 40.7 Å². The predicted molar refractivity (Wildman–Crippen MR) is 151 cm³/mol. The van der Waals surface area contributed by atoms with Crippen LogP contribution in [0, 0.1) is 0 Å². The molecule has 0 aliphatic rings. The number of pyridine rings is 1. The van der Waals surface area contributed by atoms with Gasteiger partial charge in [0.15, 0.2) is 0 Å². The monoisotopic (exact) mass is 533 g/mol. The number of ether oxygens (including phenoxy) is 1. The number of carbonyl (C=O) groups is 3. The second-order valence-electron chi connectivity index (χ2n) is 9.67. The number of carbonyl (C=O) groups excluding carboxylic acids is 3. The Morgan fingerprint density at radius 3 is 2.38 bits per heavy atom. The standard InChI is InChI=1S/C22H31N5O3S.C5H12O/c1-4-6-7-10-27(22(30)25-16(3)5-2)12-17-8-9-18(23-11-17)21(29)26-20-14-31-13-19(20)24-15-28;1-5(2,3)6-4/h8-9,11,13-16H,4-7,10,12H2,1-3H3,(H,24,28)(H,25,30)(H,26,29);1-4H3. The lowest BCUT2D eigenvalue weighted by Crippen LogP contribution is -2.43. The highest BCUT2D eigenvalue weighted by Gasteiger charge is 2.16. The number of amides is 4. The molecule has 0 fully saturated rings. The van der Waals surface area contributed by atoms with E-state index in [-0.39, 0.29) is 29.3 Å². The van der Waals surface area contributed by atoms with Gasteiger partial charge in [0.1, 0.15) is 5.69 Å². The Hall–Kier alpha value is -2.98. The Kier molecular flexibility index (Phi) is 14.5. The van der Waals surface area contributed by atoms with Crippen LogP contribution < -0.4 is 16.0 Å². The minimum Gasteiger partial charge on any atom is -0.379 e. The zero-order valence-electron chi connectivity index (χ0n) is 23.2. The number of anilines is 2. The van der Waals surface area contributed by atoms with Crippen molar-refractivity contribution in [3.63, 3.8) is 0 Å². The number of aromatic nitrogens is 1. The number of hydrogen-bond acceptors (Lipinski definition) is 6. The van der Waals surface area contributed by atoms with Crippen LogP contribution in [0.4, 0.5) is 16.2 Å². The van der Waals surface area contributed by atoms with Gasteiger partial charge in [0.05, 0.1) is 17.0 Å². The summed E-state index contributed by atoms with van der Waals surface area (Å²) in [6, 6.07) is 3.48. The molecule has 2 aromatic rings. The molecule has 2 heterocycles. The normalized spacial score (nSPS) is 11.5. The number of unbranched alkanes of at least 4 members (excludes halogenated alkanes) is 2. The van der Waals surface area contributed by atoms with Gasteiger partial charge >= 0.3 is 6.03 Å². The molecule has 10 heteroatoms. The van der Waals surface area contributed by atoms with E-state index in [0.717, 1.165) is 31.2 Å². The summed E-state index contributed by atoms with van der Waals surface area (Å²) in [6.45, 7) is 13.3. The molecule has 1 unspecified atom stereocenters. The Labute approximate surface area is 225 Å². The fraction of sp³-hybridized carbons (Fsp3) is 0.556. The molecule has 0 spiro atoms. The third-order valence-electron chi connectivity index (χ3n) is 5.47. The summed E-state index contributed by atoms with van der Waals surface area (Å²) in [5, 5.41) is 11.8. The Balaban J connectivity index is 0.00000102. The van der Waals surface area contributed by atoms with E-state index in [4.69, 9.17) is 4.74 Å². The van der Waals surface area contributed by atoms with Gasteiger partial charge in [-0.05, 0) is 52.2 Å². The van der Waals surface area contributed by atoms with E-state index in [1.165, 1.54) is 11.3 Å². The van der Waals surface area contributed by atoms with Crippen molar-refractivity contribution in [2.75, 3.05) is 24.3 Å². The maximum absolute atomic E-state index is 12.6. The fourth-order valence-corrected chi connectivity index (χ4v) is 3.56. The van der Waals surface area contributed by atoms with Gasteiger partial charge in [-0.1, -0.05) is 32.8 Å². The van der Waals surface area contributed by atoms with Crippen LogP contribution >= 0.6 is 11.3 Å². The smallest absolute Gasteiger partial charge is 0.317 e. The number of nitrogens with zero attached hydrogens (tertiary/aromatic N) is 2. The molecule has 0 bridgehead atoms. The molecule has 0 aliphatic carbocycles. The summed E-state index contributed by atoms with van der Waals surface area (Å²) < 4.78 is 4.94. The molecular formula is C27H43N5O4S. The number of urea groups is 1.